The van der Waals surface area contributed by atoms with Crippen LogP contribution in [0.2, 0.25) is 0 Å². The average Bonchev–Trinajstić information content (AvgIpc) is 2.85. The Hall–Kier alpha value is -3.55. The number of para-hydroxylation sites is 2. The van der Waals surface area contributed by atoms with E-state index >= 15 is 0 Å². The van der Waals surface area contributed by atoms with Gasteiger partial charge in [0.05, 0.1) is 25.6 Å². The minimum absolute atomic E-state index is 0.103. The molecule has 2 aromatic rings. The monoisotopic (exact) mass is 398 g/mol. The zero-order valence-corrected chi connectivity index (χ0v) is 16.4. The molecule has 8 nitrogen and oxygen atoms in total. The van der Waals surface area contributed by atoms with E-state index in [2.05, 4.69) is 5.32 Å². The highest BCUT2D eigenvalue weighted by Gasteiger charge is 2.30. The van der Waals surface area contributed by atoms with Gasteiger partial charge in [0, 0.05) is 12.5 Å². The lowest BCUT2D eigenvalue weighted by molar-refractivity contribution is -0.122. The van der Waals surface area contributed by atoms with Gasteiger partial charge in [-0.2, -0.15) is 0 Å². The predicted octanol–water partition coefficient (Wildman–Crippen LogP) is 2.62. The number of nitrogens with zero attached hydrogens (tertiary/aromatic N) is 1. The van der Waals surface area contributed by atoms with Crippen LogP contribution in [0.1, 0.15) is 23.7 Å². The molecule has 1 atom stereocenters. The van der Waals surface area contributed by atoms with Crippen molar-refractivity contribution in [2.75, 3.05) is 31.0 Å². The highest BCUT2D eigenvalue weighted by atomic mass is 16.5. The van der Waals surface area contributed by atoms with E-state index < -0.39 is 24.5 Å². The smallest absolute Gasteiger partial charge is 0.346 e. The van der Waals surface area contributed by atoms with E-state index in [9.17, 15) is 14.4 Å². The van der Waals surface area contributed by atoms with E-state index in [1.165, 1.54) is 19.1 Å². The molecule has 0 saturated carbocycles. The zero-order valence-electron chi connectivity index (χ0n) is 16.4. The average molecular weight is 398 g/mol. The molecule has 0 aliphatic carbocycles. The van der Waals surface area contributed by atoms with Crippen molar-refractivity contribution in [3.05, 3.63) is 48.0 Å². The van der Waals surface area contributed by atoms with Crippen LogP contribution >= 0.6 is 0 Å². The molecule has 1 heterocycles. The summed E-state index contributed by atoms with van der Waals surface area (Å²) in [5, 5.41) is 2.78. The van der Waals surface area contributed by atoms with Crippen molar-refractivity contribution in [3.8, 4) is 11.5 Å². The number of hydrogen-bond acceptors (Lipinski definition) is 6. The summed E-state index contributed by atoms with van der Waals surface area (Å²) in [7, 11) is 2.85. The van der Waals surface area contributed by atoms with E-state index in [0.29, 0.717) is 11.4 Å². The molecule has 1 unspecified atom stereocenters. The summed E-state index contributed by atoms with van der Waals surface area (Å²) >= 11 is 0. The van der Waals surface area contributed by atoms with Crippen LogP contribution in [-0.4, -0.2) is 44.7 Å². The standard InChI is InChI=1S/C21H22N2O6/c1-13-11-18(24)22-14-7-4-5-8-15(14)23(13)19(25)12-29-21(26)20-16(27-2)9-6-10-17(20)28-3/h4-10,13H,11-12H2,1-3H3,(H,22,24). The Morgan fingerprint density at radius 2 is 1.72 bits per heavy atom. The molecule has 0 aromatic heterocycles. The number of hydrogen-bond donors (Lipinski definition) is 1. The third-order valence-electron chi connectivity index (χ3n) is 4.59. The third-order valence-corrected chi connectivity index (χ3v) is 4.59. The molecular formula is C21H22N2O6. The first-order chi connectivity index (χ1) is 14.0. The molecule has 0 fully saturated rings. The first kappa shape index (κ1) is 20.2. The minimum Gasteiger partial charge on any atom is -0.496 e. The number of carbonyl (C=O) groups is 3. The van der Waals surface area contributed by atoms with E-state index in [0.717, 1.165) is 0 Å². The van der Waals surface area contributed by atoms with Gasteiger partial charge in [0.1, 0.15) is 17.1 Å². The van der Waals surface area contributed by atoms with Crippen LogP contribution in [0.15, 0.2) is 42.5 Å². The second kappa shape index (κ2) is 8.64. The van der Waals surface area contributed by atoms with E-state index in [-0.39, 0.29) is 29.4 Å². The van der Waals surface area contributed by atoms with Crippen LogP contribution in [0.3, 0.4) is 0 Å². The van der Waals surface area contributed by atoms with Crippen LogP contribution in [0, 0.1) is 0 Å². The second-order valence-corrected chi connectivity index (χ2v) is 6.50. The van der Waals surface area contributed by atoms with Gasteiger partial charge in [0.2, 0.25) is 5.91 Å². The van der Waals surface area contributed by atoms with Crippen molar-refractivity contribution in [2.45, 2.75) is 19.4 Å². The van der Waals surface area contributed by atoms with Crippen molar-refractivity contribution >= 4 is 29.2 Å². The number of anilines is 2. The Morgan fingerprint density at radius 3 is 2.38 bits per heavy atom. The van der Waals surface area contributed by atoms with Crippen molar-refractivity contribution in [3.63, 3.8) is 0 Å². The van der Waals surface area contributed by atoms with Crippen molar-refractivity contribution in [1.82, 2.24) is 0 Å². The molecule has 2 aromatic carbocycles. The number of methoxy groups -OCH3 is 2. The first-order valence-electron chi connectivity index (χ1n) is 9.05. The second-order valence-electron chi connectivity index (χ2n) is 6.50. The summed E-state index contributed by atoms with van der Waals surface area (Å²) in [5.41, 5.74) is 1.20. The maximum atomic E-state index is 12.9. The number of benzene rings is 2. The van der Waals surface area contributed by atoms with Crippen molar-refractivity contribution in [1.29, 1.82) is 0 Å². The molecule has 3 rings (SSSR count). The van der Waals surface area contributed by atoms with Gasteiger partial charge in [0.25, 0.3) is 5.91 Å². The molecule has 0 bridgehead atoms. The van der Waals surface area contributed by atoms with Gasteiger partial charge < -0.3 is 24.4 Å². The quantitative estimate of drug-likeness (QED) is 0.778. The van der Waals surface area contributed by atoms with E-state index in [4.69, 9.17) is 14.2 Å². The number of esters is 1. The summed E-state index contributed by atoms with van der Waals surface area (Å²) in [5.74, 6) is -0.799. The molecule has 1 aliphatic heterocycles. The zero-order chi connectivity index (χ0) is 21.0. The Labute approximate surface area is 168 Å². The molecule has 152 valence electrons. The van der Waals surface area contributed by atoms with Gasteiger partial charge >= 0.3 is 5.97 Å². The largest absolute Gasteiger partial charge is 0.496 e. The Morgan fingerprint density at radius 1 is 1.07 bits per heavy atom. The first-order valence-corrected chi connectivity index (χ1v) is 9.05. The molecule has 0 spiro atoms. The fourth-order valence-corrected chi connectivity index (χ4v) is 3.29. The Kier molecular flexibility index (Phi) is 6.01. The minimum atomic E-state index is -0.738. The van der Waals surface area contributed by atoms with Gasteiger partial charge in [-0.05, 0) is 31.2 Å². The van der Waals surface area contributed by atoms with Gasteiger partial charge in [-0.15, -0.1) is 0 Å². The van der Waals surface area contributed by atoms with Crippen LogP contribution in [-0.2, 0) is 14.3 Å². The van der Waals surface area contributed by atoms with Gasteiger partial charge in [-0.1, -0.05) is 18.2 Å². The molecule has 29 heavy (non-hydrogen) atoms. The molecule has 8 heteroatoms. The summed E-state index contributed by atoms with van der Waals surface area (Å²) in [4.78, 5) is 39.1. The number of nitrogens with one attached hydrogen (secondary N) is 1. The number of fused-ring (bicyclic) bond motifs is 1. The lowest BCUT2D eigenvalue weighted by atomic mass is 10.1. The highest BCUT2D eigenvalue weighted by molar-refractivity contribution is 6.05. The van der Waals surface area contributed by atoms with Crippen LogP contribution in [0.5, 0.6) is 11.5 Å². The number of carbonyl (C=O) groups excluding carboxylic acids is 3. The maximum Gasteiger partial charge on any atom is 0.346 e. The Bertz CT molecular complexity index is 920. The third kappa shape index (κ3) is 4.16. The van der Waals surface area contributed by atoms with Crippen molar-refractivity contribution in [2.24, 2.45) is 0 Å². The molecule has 1 aliphatic rings. The maximum absolute atomic E-state index is 12.9. The normalized spacial score (nSPS) is 15.6. The summed E-state index contributed by atoms with van der Waals surface area (Å²) in [6, 6.07) is 11.5. The number of amides is 2. The summed E-state index contributed by atoms with van der Waals surface area (Å²) in [6.07, 6.45) is 0.134. The molecule has 0 saturated heterocycles. The lowest BCUT2D eigenvalue weighted by Crippen LogP contribution is -2.41. The molecular weight excluding hydrogens is 376 g/mol. The van der Waals surface area contributed by atoms with Gasteiger partial charge in [0.15, 0.2) is 6.61 Å². The topological polar surface area (TPSA) is 94.2 Å². The van der Waals surface area contributed by atoms with E-state index in [1.54, 1.807) is 49.4 Å². The Balaban J connectivity index is 1.81. The van der Waals surface area contributed by atoms with Crippen molar-refractivity contribution < 1.29 is 28.6 Å². The fourth-order valence-electron chi connectivity index (χ4n) is 3.29. The number of rotatable bonds is 5. The van der Waals surface area contributed by atoms with Gasteiger partial charge in [-0.3, -0.25) is 9.59 Å². The molecule has 1 N–H and O–H groups in total. The van der Waals surface area contributed by atoms with Gasteiger partial charge in [-0.25, -0.2) is 4.79 Å². The lowest BCUT2D eigenvalue weighted by Gasteiger charge is -2.27. The van der Waals surface area contributed by atoms with Crippen LogP contribution in [0.4, 0.5) is 11.4 Å². The fraction of sp³-hybridized carbons (Fsp3) is 0.286. The molecule has 2 amide bonds. The number of ether oxygens (including phenoxy) is 3. The van der Waals surface area contributed by atoms with E-state index in [1.807, 2.05) is 0 Å². The molecule has 0 radical (unpaired) electrons. The summed E-state index contributed by atoms with van der Waals surface area (Å²) < 4.78 is 15.7. The van der Waals surface area contributed by atoms with Crippen LogP contribution < -0.4 is 19.7 Å². The predicted molar refractivity (Wildman–Crippen MR) is 106 cm³/mol. The highest BCUT2D eigenvalue weighted by Crippen LogP contribution is 2.32. The SMILES string of the molecule is COc1cccc(OC)c1C(=O)OCC(=O)N1c2ccccc2NC(=O)CC1C. The van der Waals surface area contributed by atoms with Crippen LogP contribution in [0.25, 0.3) is 0 Å². The summed E-state index contributed by atoms with van der Waals surface area (Å²) in [6.45, 7) is 1.28.